The summed E-state index contributed by atoms with van der Waals surface area (Å²) in [6, 6.07) is 10.5. The molecule has 0 radical (unpaired) electrons. The zero-order valence-corrected chi connectivity index (χ0v) is 16.3. The first kappa shape index (κ1) is 18.0. The Morgan fingerprint density at radius 3 is 2.41 bits per heavy atom. The van der Waals surface area contributed by atoms with Gasteiger partial charge in [-0.3, -0.25) is 4.79 Å². The van der Waals surface area contributed by atoms with Gasteiger partial charge in [0.05, 0.1) is 0 Å². The number of anilines is 1. The molecule has 2 aliphatic rings. The Kier molecular flexibility index (Phi) is 5.10. The molecule has 0 atom stereocenters. The molecule has 2 aliphatic heterocycles. The van der Waals surface area contributed by atoms with Gasteiger partial charge in [0.1, 0.15) is 0 Å². The molecule has 0 N–H and O–H groups in total. The second-order valence-corrected chi connectivity index (χ2v) is 7.92. The normalized spacial score (nSPS) is 17.7. The van der Waals surface area contributed by atoms with Crippen LogP contribution in [0.2, 0.25) is 0 Å². The highest BCUT2D eigenvalue weighted by Gasteiger charge is 2.26. The summed E-state index contributed by atoms with van der Waals surface area (Å²) in [5, 5.41) is 0. The molecule has 2 aromatic rings. The minimum atomic E-state index is 0.311. The lowest BCUT2D eigenvalue weighted by Gasteiger charge is -2.34. The molecule has 0 saturated carbocycles. The maximum atomic E-state index is 12.8. The summed E-state index contributed by atoms with van der Waals surface area (Å²) in [5.74, 6) is 1.62. The quantitative estimate of drug-likeness (QED) is 0.839. The summed E-state index contributed by atoms with van der Waals surface area (Å²) in [4.78, 5) is 26.3. The van der Waals surface area contributed by atoms with Crippen molar-refractivity contribution < 1.29 is 4.79 Å². The van der Waals surface area contributed by atoms with Crippen molar-refractivity contribution >= 4 is 11.9 Å². The second-order valence-electron chi connectivity index (χ2n) is 7.92. The fraction of sp³-hybridized carbons (Fsp3) is 0.500. The largest absolute Gasteiger partial charge is 0.341 e. The van der Waals surface area contributed by atoms with Gasteiger partial charge in [-0.1, -0.05) is 24.3 Å². The van der Waals surface area contributed by atoms with E-state index < -0.39 is 0 Å². The van der Waals surface area contributed by atoms with Crippen molar-refractivity contribution in [3.05, 3.63) is 52.8 Å². The molecule has 1 aromatic carbocycles. The van der Waals surface area contributed by atoms with E-state index in [0.29, 0.717) is 18.2 Å². The van der Waals surface area contributed by atoms with Gasteiger partial charge < -0.3 is 9.80 Å². The Hall–Kier alpha value is -2.43. The lowest BCUT2D eigenvalue weighted by molar-refractivity contribution is -0.133. The van der Waals surface area contributed by atoms with Crippen LogP contribution >= 0.6 is 0 Å². The zero-order chi connectivity index (χ0) is 18.8. The Morgan fingerprint density at radius 1 is 1.04 bits per heavy atom. The Morgan fingerprint density at radius 2 is 1.70 bits per heavy atom. The standard InChI is InChI=1S/C22H28N4O/c1-16-13-17(2)24-22(23-16)25-10-7-18(8-11-25)14-21(27)26-12-9-19-5-3-4-6-20(19)15-26/h3-6,13,18H,7-12,14-15H2,1-2H3. The number of benzene rings is 1. The number of piperidine rings is 1. The highest BCUT2D eigenvalue weighted by molar-refractivity contribution is 5.76. The topological polar surface area (TPSA) is 49.3 Å². The number of nitrogens with zero attached hydrogens (tertiary/aromatic N) is 4. The third-order valence-corrected chi connectivity index (χ3v) is 5.81. The van der Waals surface area contributed by atoms with E-state index in [1.165, 1.54) is 11.1 Å². The molecular formula is C22H28N4O. The molecule has 0 bridgehead atoms. The summed E-state index contributed by atoms with van der Waals surface area (Å²) in [7, 11) is 0. The monoisotopic (exact) mass is 364 g/mol. The maximum absolute atomic E-state index is 12.8. The van der Waals surface area contributed by atoms with Crippen molar-refractivity contribution in [1.29, 1.82) is 0 Å². The fourth-order valence-electron chi connectivity index (χ4n) is 4.27. The molecule has 3 heterocycles. The second kappa shape index (κ2) is 7.67. The van der Waals surface area contributed by atoms with Crippen molar-refractivity contribution in [3.63, 3.8) is 0 Å². The number of carbonyl (C=O) groups is 1. The highest BCUT2D eigenvalue weighted by atomic mass is 16.2. The number of carbonyl (C=O) groups excluding carboxylic acids is 1. The van der Waals surface area contributed by atoms with Crippen LogP contribution in [0.1, 0.15) is 41.8 Å². The van der Waals surface area contributed by atoms with E-state index in [-0.39, 0.29) is 0 Å². The molecule has 1 fully saturated rings. The molecule has 0 unspecified atom stereocenters. The molecule has 1 aromatic heterocycles. The van der Waals surface area contributed by atoms with E-state index >= 15 is 0 Å². The van der Waals surface area contributed by atoms with Crippen molar-refractivity contribution in [3.8, 4) is 0 Å². The number of hydrogen-bond donors (Lipinski definition) is 0. The van der Waals surface area contributed by atoms with Crippen LogP contribution in [0, 0.1) is 19.8 Å². The number of rotatable bonds is 3. The van der Waals surface area contributed by atoms with Gasteiger partial charge >= 0.3 is 0 Å². The zero-order valence-electron chi connectivity index (χ0n) is 16.3. The van der Waals surface area contributed by atoms with Crippen LogP contribution in [-0.2, 0) is 17.8 Å². The minimum absolute atomic E-state index is 0.311. The van der Waals surface area contributed by atoms with Gasteiger partial charge in [0, 0.05) is 44.0 Å². The van der Waals surface area contributed by atoms with E-state index in [4.69, 9.17) is 0 Å². The molecular weight excluding hydrogens is 336 g/mol. The average Bonchev–Trinajstić information content (AvgIpc) is 2.67. The van der Waals surface area contributed by atoms with Gasteiger partial charge in [-0.2, -0.15) is 0 Å². The molecule has 5 nitrogen and oxygen atoms in total. The summed E-state index contributed by atoms with van der Waals surface area (Å²) in [6.45, 7) is 7.52. The minimum Gasteiger partial charge on any atom is -0.341 e. The number of aryl methyl sites for hydroxylation is 2. The van der Waals surface area contributed by atoms with Crippen LogP contribution in [-0.4, -0.2) is 40.4 Å². The molecule has 1 saturated heterocycles. The number of hydrogen-bond acceptors (Lipinski definition) is 4. The third kappa shape index (κ3) is 4.12. The van der Waals surface area contributed by atoms with E-state index in [9.17, 15) is 4.79 Å². The van der Waals surface area contributed by atoms with Gasteiger partial charge in [-0.05, 0) is 56.2 Å². The van der Waals surface area contributed by atoms with E-state index in [2.05, 4.69) is 39.1 Å². The molecule has 27 heavy (non-hydrogen) atoms. The Labute approximate surface area is 161 Å². The van der Waals surface area contributed by atoms with Crippen LogP contribution in [0.25, 0.3) is 0 Å². The predicted octanol–water partition coefficient (Wildman–Crippen LogP) is 3.28. The van der Waals surface area contributed by atoms with Crippen LogP contribution in [0.3, 0.4) is 0 Å². The third-order valence-electron chi connectivity index (χ3n) is 5.81. The number of fused-ring (bicyclic) bond motifs is 1. The Bertz CT molecular complexity index is 807. The van der Waals surface area contributed by atoms with E-state index in [0.717, 1.165) is 62.8 Å². The molecule has 4 rings (SSSR count). The van der Waals surface area contributed by atoms with Gasteiger partial charge in [0.25, 0.3) is 0 Å². The average molecular weight is 364 g/mol. The van der Waals surface area contributed by atoms with Crippen molar-refractivity contribution in [1.82, 2.24) is 14.9 Å². The number of amides is 1. The maximum Gasteiger partial charge on any atom is 0.225 e. The van der Waals surface area contributed by atoms with Crippen LogP contribution in [0.15, 0.2) is 30.3 Å². The van der Waals surface area contributed by atoms with Gasteiger partial charge in [-0.25, -0.2) is 9.97 Å². The van der Waals surface area contributed by atoms with Gasteiger partial charge in [-0.15, -0.1) is 0 Å². The molecule has 0 aliphatic carbocycles. The predicted molar refractivity (Wildman–Crippen MR) is 107 cm³/mol. The van der Waals surface area contributed by atoms with E-state index in [1.807, 2.05) is 24.8 Å². The van der Waals surface area contributed by atoms with E-state index in [1.54, 1.807) is 0 Å². The molecule has 1 amide bonds. The summed E-state index contributed by atoms with van der Waals surface area (Å²) in [5.41, 5.74) is 4.72. The fourth-order valence-corrected chi connectivity index (χ4v) is 4.27. The molecule has 5 heteroatoms. The summed E-state index contributed by atoms with van der Waals surface area (Å²) < 4.78 is 0. The van der Waals surface area contributed by atoms with Crippen molar-refractivity contribution in [2.75, 3.05) is 24.5 Å². The lowest BCUT2D eigenvalue weighted by Crippen LogP contribution is -2.39. The van der Waals surface area contributed by atoms with Crippen LogP contribution in [0.5, 0.6) is 0 Å². The first-order chi connectivity index (χ1) is 13.1. The van der Waals surface area contributed by atoms with Gasteiger partial charge in [0.15, 0.2) is 0 Å². The first-order valence-corrected chi connectivity index (χ1v) is 10.0. The van der Waals surface area contributed by atoms with Crippen LogP contribution < -0.4 is 4.90 Å². The van der Waals surface area contributed by atoms with Gasteiger partial charge in [0.2, 0.25) is 11.9 Å². The highest BCUT2D eigenvalue weighted by Crippen LogP contribution is 2.26. The van der Waals surface area contributed by atoms with Crippen molar-refractivity contribution in [2.45, 2.75) is 46.1 Å². The van der Waals surface area contributed by atoms with Crippen LogP contribution in [0.4, 0.5) is 5.95 Å². The first-order valence-electron chi connectivity index (χ1n) is 10.0. The number of aromatic nitrogens is 2. The molecule has 142 valence electrons. The smallest absolute Gasteiger partial charge is 0.225 e. The van der Waals surface area contributed by atoms with Crippen molar-refractivity contribution in [2.24, 2.45) is 5.92 Å². The molecule has 0 spiro atoms. The summed E-state index contributed by atoms with van der Waals surface area (Å²) >= 11 is 0. The lowest BCUT2D eigenvalue weighted by atomic mass is 9.92. The summed E-state index contributed by atoms with van der Waals surface area (Å²) in [6.07, 6.45) is 3.72. The Balaban J connectivity index is 1.31. The SMILES string of the molecule is Cc1cc(C)nc(N2CCC(CC(=O)N3CCc4ccccc4C3)CC2)n1.